The Morgan fingerprint density at radius 1 is 1.47 bits per heavy atom. The molecule has 2 unspecified atom stereocenters. The molecule has 92 valence electrons. The molecule has 4 heteroatoms. The number of methoxy groups -OCH3 is 1. The molecule has 1 saturated carbocycles. The van der Waals surface area contributed by atoms with E-state index in [4.69, 9.17) is 4.74 Å². The van der Waals surface area contributed by atoms with Crippen LogP contribution in [0.2, 0.25) is 0 Å². The van der Waals surface area contributed by atoms with Gasteiger partial charge in [-0.15, -0.1) is 0 Å². The fourth-order valence-corrected chi connectivity index (χ4v) is 1.77. The van der Waals surface area contributed by atoms with Gasteiger partial charge >= 0.3 is 0 Å². The van der Waals surface area contributed by atoms with E-state index >= 15 is 0 Å². The highest BCUT2D eigenvalue weighted by atomic mass is 16.5. The zero-order valence-corrected chi connectivity index (χ0v) is 10.2. The lowest BCUT2D eigenvalue weighted by atomic mass is 10.3. The lowest BCUT2D eigenvalue weighted by Gasteiger charge is -2.10. The number of anilines is 1. The van der Waals surface area contributed by atoms with Gasteiger partial charge in [0, 0.05) is 6.04 Å². The van der Waals surface area contributed by atoms with E-state index in [-0.39, 0.29) is 5.91 Å². The smallest absolute Gasteiger partial charge is 0.238 e. The predicted octanol–water partition coefficient (Wildman–Crippen LogP) is 1.63. The second-order valence-electron chi connectivity index (χ2n) is 4.45. The molecule has 0 aromatic heterocycles. The van der Waals surface area contributed by atoms with Gasteiger partial charge in [-0.25, -0.2) is 0 Å². The third kappa shape index (κ3) is 3.20. The average Bonchev–Trinajstić information content (AvgIpc) is 3.03. The molecule has 2 N–H and O–H groups in total. The van der Waals surface area contributed by atoms with Crippen molar-refractivity contribution in [3.05, 3.63) is 24.3 Å². The summed E-state index contributed by atoms with van der Waals surface area (Å²) >= 11 is 0. The third-order valence-corrected chi connectivity index (χ3v) is 3.02. The summed E-state index contributed by atoms with van der Waals surface area (Å²) in [5.41, 5.74) is 0.714. The lowest BCUT2D eigenvalue weighted by Crippen LogP contribution is -2.30. The van der Waals surface area contributed by atoms with Gasteiger partial charge in [-0.2, -0.15) is 0 Å². The summed E-state index contributed by atoms with van der Waals surface area (Å²) in [5.74, 6) is 1.35. The van der Waals surface area contributed by atoms with Crippen LogP contribution >= 0.6 is 0 Å². The number of benzene rings is 1. The van der Waals surface area contributed by atoms with Crippen molar-refractivity contribution in [2.45, 2.75) is 19.4 Å². The third-order valence-electron chi connectivity index (χ3n) is 3.02. The second kappa shape index (κ2) is 5.19. The first-order chi connectivity index (χ1) is 8.20. The van der Waals surface area contributed by atoms with E-state index in [0.717, 1.165) is 0 Å². The van der Waals surface area contributed by atoms with Gasteiger partial charge in [-0.05, 0) is 24.5 Å². The number of para-hydroxylation sites is 2. The fraction of sp³-hybridized carbons (Fsp3) is 0.462. The SMILES string of the molecule is COc1ccccc1NC(=O)CNC1CC1C. The highest BCUT2D eigenvalue weighted by Gasteiger charge is 2.32. The topological polar surface area (TPSA) is 50.4 Å². The fourth-order valence-electron chi connectivity index (χ4n) is 1.77. The molecule has 4 nitrogen and oxygen atoms in total. The molecule has 1 aliphatic carbocycles. The normalized spacial score (nSPS) is 22.0. The minimum absolute atomic E-state index is 0.0337. The van der Waals surface area contributed by atoms with E-state index in [9.17, 15) is 4.79 Å². The number of ether oxygens (including phenoxy) is 1. The number of hydrogen-bond donors (Lipinski definition) is 2. The van der Waals surface area contributed by atoms with Crippen LogP contribution in [-0.4, -0.2) is 25.6 Å². The number of rotatable bonds is 5. The second-order valence-corrected chi connectivity index (χ2v) is 4.45. The van der Waals surface area contributed by atoms with Gasteiger partial charge in [0.2, 0.25) is 5.91 Å². The molecule has 2 rings (SSSR count). The molecule has 1 fully saturated rings. The summed E-state index contributed by atoms with van der Waals surface area (Å²) in [6, 6.07) is 7.91. The average molecular weight is 234 g/mol. The maximum atomic E-state index is 11.7. The van der Waals surface area contributed by atoms with Crippen molar-refractivity contribution in [3.63, 3.8) is 0 Å². The molecule has 1 aromatic rings. The Morgan fingerprint density at radius 3 is 2.82 bits per heavy atom. The predicted molar refractivity (Wildman–Crippen MR) is 67.2 cm³/mol. The molecule has 0 spiro atoms. The zero-order valence-electron chi connectivity index (χ0n) is 10.2. The summed E-state index contributed by atoms with van der Waals surface area (Å²) in [7, 11) is 1.59. The number of amides is 1. The van der Waals surface area contributed by atoms with Crippen molar-refractivity contribution < 1.29 is 9.53 Å². The van der Waals surface area contributed by atoms with Gasteiger partial charge in [0.25, 0.3) is 0 Å². The van der Waals surface area contributed by atoms with E-state index in [0.29, 0.717) is 29.9 Å². The van der Waals surface area contributed by atoms with Crippen LogP contribution in [0.3, 0.4) is 0 Å². The van der Waals surface area contributed by atoms with Crippen LogP contribution in [0.25, 0.3) is 0 Å². The van der Waals surface area contributed by atoms with E-state index in [1.807, 2.05) is 24.3 Å². The molecule has 1 aromatic carbocycles. The first kappa shape index (κ1) is 11.9. The largest absolute Gasteiger partial charge is 0.495 e. The minimum atomic E-state index is -0.0337. The molecular formula is C13H18N2O2. The van der Waals surface area contributed by atoms with Gasteiger partial charge in [0.15, 0.2) is 0 Å². The van der Waals surface area contributed by atoms with Crippen LogP contribution in [-0.2, 0) is 4.79 Å². The summed E-state index contributed by atoms with van der Waals surface area (Å²) in [6.07, 6.45) is 1.17. The lowest BCUT2D eigenvalue weighted by molar-refractivity contribution is -0.115. The number of carbonyl (C=O) groups is 1. The monoisotopic (exact) mass is 234 g/mol. The van der Waals surface area contributed by atoms with Gasteiger partial charge in [0.1, 0.15) is 5.75 Å². The van der Waals surface area contributed by atoms with Crippen molar-refractivity contribution in [2.24, 2.45) is 5.92 Å². The van der Waals surface area contributed by atoms with Gasteiger partial charge in [0.05, 0.1) is 19.3 Å². The summed E-state index contributed by atoms with van der Waals surface area (Å²) in [6.45, 7) is 2.53. The van der Waals surface area contributed by atoms with Gasteiger partial charge < -0.3 is 15.4 Å². The molecular weight excluding hydrogens is 216 g/mol. The van der Waals surface area contributed by atoms with Crippen LogP contribution in [0, 0.1) is 5.92 Å². The number of hydrogen-bond acceptors (Lipinski definition) is 3. The maximum absolute atomic E-state index is 11.7. The van der Waals surface area contributed by atoms with E-state index < -0.39 is 0 Å². The standard InChI is InChI=1S/C13H18N2O2/c1-9-7-11(9)14-8-13(16)15-10-5-3-4-6-12(10)17-2/h3-6,9,11,14H,7-8H2,1-2H3,(H,15,16). The Kier molecular flexibility index (Phi) is 3.64. The van der Waals surface area contributed by atoms with Gasteiger partial charge in [-0.3, -0.25) is 4.79 Å². The first-order valence-electron chi connectivity index (χ1n) is 5.87. The molecule has 0 radical (unpaired) electrons. The quantitative estimate of drug-likeness (QED) is 0.814. The van der Waals surface area contributed by atoms with Crippen LogP contribution < -0.4 is 15.4 Å². The molecule has 2 atom stereocenters. The minimum Gasteiger partial charge on any atom is -0.495 e. The van der Waals surface area contributed by atoms with Crippen molar-refractivity contribution in [3.8, 4) is 5.75 Å². The van der Waals surface area contributed by atoms with Crippen LogP contribution in [0.1, 0.15) is 13.3 Å². The Hall–Kier alpha value is -1.55. The van der Waals surface area contributed by atoms with Crippen LogP contribution in [0.15, 0.2) is 24.3 Å². The summed E-state index contributed by atoms with van der Waals surface area (Å²) < 4.78 is 5.17. The zero-order chi connectivity index (χ0) is 12.3. The van der Waals surface area contributed by atoms with Crippen molar-refractivity contribution >= 4 is 11.6 Å². The molecule has 0 saturated heterocycles. The maximum Gasteiger partial charge on any atom is 0.238 e. The Balaban J connectivity index is 1.84. The molecule has 0 bridgehead atoms. The first-order valence-corrected chi connectivity index (χ1v) is 5.87. The Morgan fingerprint density at radius 2 is 2.18 bits per heavy atom. The number of nitrogens with one attached hydrogen (secondary N) is 2. The summed E-state index contributed by atoms with van der Waals surface area (Å²) in [4.78, 5) is 11.7. The van der Waals surface area contributed by atoms with Crippen molar-refractivity contribution in [2.75, 3.05) is 19.0 Å². The van der Waals surface area contributed by atoms with Crippen LogP contribution in [0.5, 0.6) is 5.75 Å². The summed E-state index contributed by atoms with van der Waals surface area (Å²) in [5, 5.41) is 6.04. The Bertz CT molecular complexity index is 406. The van der Waals surface area contributed by atoms with E-state index in [1.165, 1.54) is 6.42 Å². The van der Waals surface area contributed by atoms with E-state index in [2.05, 4.69) is 17.6 Å². The Labute approximate surface area is 101 Å². The van der Waals surface area contributed by atoms with Gasteiger partial charge in [-0.1, -0.05) is 19.1 Å². The highest BCUT2D eigenvalue weighted by Crippen LogP contribution is 2.28. The van der Waals surface area contributed by atoms with Crippen molar-refractivity contribution in [1.82, 2.24) is 5.32 Å². The van der Waals surface area contributed by atoms with E-state index in [1.54, 1.807) is 7.11 Å². The molecule has 0 heterocycles. The highest BCUT2D eigenvalue weighted by molar-refractivity contribution is 5.93. The molecule has 17 heavy (non-hydrogen) atoms. The molecule has 0 aliphatic heterocycles. The molecule has 1 amide bonds. The van der Waals surface area contributed by atoms with Crippen LogP contribution in [0.4, 0.5) is 5.69 Å². The molecule has 1 aliphatic rings. The van der Waals surface area contributed by atoms with Crippen molar-refractivity contribution in [1.29, 1.82) is 0 Å². The number of carbonyl (C=O) groups excluding carboxylic acids is 1.